The van der Waals surface area contributed by atoms with Crippen molar-refractivity contribution in [1.29, 1.82) is 0 Å². The van der Waals surface area contributed by atoms with Crippen LogP contribution in [0.5, 0.6) is 11.5 Å². The SMILES string of the molecule is COc1ccc(COC(=O)c2ccc(Sc3cccc(O)c3)cc2)cc1. The normalized spacial score (nSPS) is 10.3. The van der Waals surface area contributed by atoms with Crippen molar-refractivity contribution in [2.45, 2.75) is 16.4 Å². The molecule has 0 saturated heterocycles. The molecule has 0 atom stereocenters. The Bertz CT molecular complexity index is 873. The van der Waals surface area contributed by atoms with Gasteiger partial charge in [-0.15, -0.1) is 0 Å². The molecule has 0 aliphatic carbocycles. The molecule has 1 N–H and O–H groups in total. The summed E-state index contributed by atoms with van der Waals surface area (Å²) in [5, 5.41) is 9.51. The second-order valence-corrected chi connectivity index (χ2v) is 6.69. The molecule has 0 aromatic heterocycles. The maximum absolute atomic E-state index is 12.2. The molecule has 0 spiro atoms. The van der Waals surface area contributed by atoms with Gasteiger partial charge in [0.25, 0.3) is 0 Å². The maximum Gasteiger partial charge on any atom is 0.338 e. The van der Waals surface area contributed by atoms with Gasteiger partial charge in [0.1, 0.15) is 18.1 Å². The second-order valence-electron chi connectivity index (χ2n) is 5.55. The minimum Gasteiger partial charge on any atom is -0.508 e. The zero-order chi connectivity index (χ0) is 18.4. The monoisotopic (exact) mass is 366 g/mol. The van der Waals surface area contributed by atoms with Gasteiger partial charge in [0.05, 0.1) is 12.7 Å². The fourth-order valence-electron chi connectivity index (χ4n) is 2.30. The Morgan fingerprint density at radius 3 is 2.35 bits per heavy atom. The van der Waals surface area contributed by atoms with E-state index in [0.717, 1.165) is 21.1 Å². The van der Waals surface area contributed by atoms with E-state index in [-0.39, 0.29) is 18.3 Å². The molecule has 3 aromatic carbocycles. The van der Waals surface area contributed by atoms with Gasteiger partial charge in [-0.25, -0.2) is 4.79 Å². The van der Waals surface area contributed by atoms with Crippen molar-refractivity contribution in [2.75, 3.05) is 7.11 Å². The van der Waals surface area contributed by atoms with Gasteiger partial charge in [-0.1, -0.05) is 30.0 Å². The van der Waals surface area contributed by atoms with Crippen LogP contribution in [-0.2, 0) is 11.3 Å². The molecule has 3 aromatic rings. The summed E-state index contributed by atoms with van der Waals surface area (Å²) in [6.07, 6.45) is 0. The molecule has 0 fully saturated rings. The van der Waals surface area contributed by atoms with Crippen molar-refractivity contribution in [2.24, 2.45) is 0 Å². The Kier molecular flexibility index (Phi) is 5.81. The van der Waals surface area contributed by atoms with Crippen molar-refractivity contribution in [3.05, 3.63) is 83.9 Å². The fraction of sp³-hybridized carbons (Fsp3) is 0.0952. The van der Waals surface area contributed by atoms with Gasteiger partial charge in [-0.3, -0.25) is 0 Å². The molecule has 0 unspecified atom stereocenters. The minimum atomic E-state index is -0.366. The lowest BCUT2D eigenvalue weighted by atomic mass is 10.2. The number of methoxy groups -OCH3 is 1. The molecular weight excluding hydrogens is 348 g/mol. The van der Waals surface area contributed by atoms with E-state index >= 15 is 0 Å². The average molecular weight is 366 g/mol. The highest BCUT2D eigenvalue weighted by atomic mass is 32.2. The molecule has 0 amide bonds. The second kappa shape index (κ2) is 8.45. The zero-order valence-corrected chi connectivity index (χ0v) is 15.0. The summed E-state index contributed by atoms with van der Waals surface area (Å²) in [5.41, 5.74) is 1.40. The number of phenols is 1. The molecule has 0 saturated carbocycles. The summed E-state index contributed by atoms with van der Waals surface area (Å²) < 4.78 is 10.4. The Morgan fingerprint density at radius 2 is 1.69 bits per heavy atom. The quantitative estimate of drug-likeness (QED) is 0.628. The van der Waals surface area contributed by atoms with E-state index in [0.29, 0.717) is 5.56 Å². The van der Waals surface area contributed by atoms with Gasteiger partial charge < -0.3 is 14.6 Å². The van der Waals surface area contributed by atoms with Crippen molar-refractivity contribution >= 4 is 17.7 Å². The predicted molar refractivity (Wildman–Crippen MR) is 101 cm³/mol. The third-order valence-electron chi connectivity index (χ3n) is 3.67. The van der Waals surface area contributed by atoms with Gasteiger partial charge in [0.15, 0.2) is 0 Å². The highest BCUT2D eigenvalue weighted by Crippen LogP contribution is 2.29. The first-order valence-electron chi connectivity index (χ1n) is 8.01. The number of phenolic OH excluding ortho intramolecular Hbond substituents is 1. The van der Waals surface area contributed by atoms with E-state index in [1.807, 2.05) is 42.5 Å². The number of hydrogen-bond donors (Lipinski definition) is 1. The minimum absolute atomic E-state index is 0.211. The van der Waals surface area contributed by atoms with E-state index in [1.54, 1.807) is 37.4 Å². The number of ether oxygens (including phenoxy) is 2. The van der Waals surface area contributed by atoms with Crippen LogP contribution < -0.4 is 4.74 Å². The van der Waals surface area contributed by atoms with Gasteiger partial charge >= 0.3 is 5.97 Å². The highest BCUT2D eigenvalue weighted by Gasteiger charge is 2.08. The van der Waals surface area contributed by atoms with Crippen LogP contribution in [0, 0.1) is 0 Å². The average Bonchev–Trinajstić information content (AvgIpc) is 2.67. The highest BCUT2D eigenvalue weighted by molar-refractivity contribution is 7.99. The van der Waals surface area contributed by atoms with Crippen LogP contribution in [0.4, 0.5) is 0 Å². The third kappa shape index (κ3) is 4.80. The van der Waals surface area contributed by atoms with E-state index < -0.39 is 0 Å². The number of carbonyl (C=O) groups excluding carboxylic acids is 1. The standard InChI is InChI=1S/C21H18O4S/c1-24-18-9-5-15(6-10-18)14-25-21(23)16-7-11-19(12-8-16)26-20-4-2-3-17(22)13-20/h2-13,22H,14H2,1H3. The molecule has 132 valence electrons. The van der Waals surface area contributed by atoms with Gasteiger partial charge in [-0.05, 0) is 60.2 Å². The van der Waals surface area contributed by atoms with Gasteiger partial charge in [-0.2, -0.15) is 0 Å². The van der Waals surface area contributed by atoms with Crippen molar-refractivity contribution in [3.63, 3.8) is 0 Å². The Hall–Kier alpha value is -2.92. The lowest BCUT2D eigenvalue weighted by molar-refractivity contribution is 0.0472. The molecule has 4 nitrogen and oxygen atoms in total. The van der Waals surface area contributed by atoms with E-state index in [9.17, 15) is 9.90 Å². The molecule has 0 radical (unpaired) electrons. The fourth-order valence-corrected chi connectivity index (χ4v) is 3.17. The van der Waals surface area contributed by atoms with Crippen molar-refractivity contribution in [3.8, 4) is 11.5 Å². The molecule has 5 heteroatoms. The van der Waals surface area contributed by atoms with Gasteiger partial charge in [0, 0.05) is 9.79 Å². The molecule has 26 heavy (non-hydrogen) atoms. The number of esters is 1. The molecule has 0 aliphatic rings. The first-order valence-corrected chi connectivity index (χ1v) is 8.83. The molecule has 0 bridgehead atoms. The Balaban J connectivity index is 1.57. The van der Waals surface area contributed by atoms with Gasteiger partial charge in [0.2, 0.25) is 0 Å². The number of aromatic hydroxyl groups is 1. The summed E-state index contributed by atoms with van der Waals surface area (Å²) in [6, 6.07) is 21.6. The summed E-state index contributed by atoms with van der Waals surface area (Å²) in [5.74, 6) is 0.628. The topological polar surface area (TPSA) is 55.8 Å². The molecular formula is C21H18O4S. The van der Waals surface area contributed by atoms with E-state index in [4.69, 9.17) is 9.47 Å². The Morgan fingerprint density at radius 1 is 0.962 bits per heavy atom. The number of carbonyl (C=O) groups is 1. The first kappa shape index (κ1) is 17.9. The molecule has 0 aliphatic heterocycles. The molecule has 3 rings (SSSR count). The smallest absolute Gasteiger partial charge is 0.338 e. The number of benzene rings is 3. The summed E-state index contributed by atoms with van der Waals surface area (Å²) in [7, 11) is 1.61. The lowest BCUT2D eigenvalue weighted by Gasteiger charge is -2.07. The summed E-state index contributed by atoms with van der Waals surface area (Å²) in [4.78, 5) is 14.1. The number of hydrogen-bond acceptors (Lipinski definition) is 5. The van der Waals surface area contributed by atoms with Crippen LogP contribution in [0.3, 0.4) is 0 Å². The summed E-state index contributed by atoms with van der Waals surface area (Å²) >= 11 is 1.51. The zero-order valence-electron chi connectivity index (χ0n) is 14.2. The van der Waals surface area contributed by atoms with E-state index in [2.05, 4.69) is 0 Å². The largest absolute Gasteiger partial charge is 0.508 e. The van der Waals surface area contributed by atoms with Crippen LogP contribution in [0.15, 0.2) is 82.6 Å². The van der Waals surface area contributed by atoms with Crippen LogP contribution in [-0.4, -0.2) is 18.2 Å². The van der Waals surface area contributed by atoms with Crippen LogP contribution in [0.2, 0.25) is 0 Å². The predicted octanol–water partition coefficient (Wildman–Crippen LogP) is 4.91. The summed E-state index contributed by atoms with van der Waals surface area (Å²) in [6.45, 7) is 0.211. The lowest BCUT2D eigenvalue weighted by Crippen LogP contribution is -2.05. The van der Waals surface area contributed by atoms with Crippen LogP contribution in [0.1, 0.15) is 15.9 Å². The van der Waals surface area contributed by atoms with Crippen molar-refractivity contribution in [1.82, 2.24) is 0 Å². The Labute approximate surface area is 156 Å². The maximum atomic E-state index is 12.2. The molecule has 0 heterocycles. The first-order chi connectivity index (χ1) is 12.6. The van der Waals surface area contributed by atoms with Crippen LogP contribution >= 0.6 is 11.8 Å². The van der Waals surface area contributed by atoms with Crippen LogP contribution in [0.25, 0.3) is 0 Å². The van der Waals surface area contributed by atoms with E-state index in [1.165, 1.54) is 11.8 Å². The third-order valence-corrected chi connectivity index (χ3v) is 4.67. The number of rotatable bonds is 6. The van der Waals surface area contributed by atoms with Crippen molar-refractivity contribution < 1.29 is 19.4 Å².